The van der Waals surface area contributed by atoms with Crippen molar-refractivity contribution in [3.63, 3.8) is 0 Å². The molecule has 1 saturated heterocycles. The van der Waals surface area contributed by atoms with Crippen LogP contribution in [0, 0.1) is 13.8 Å². The first-order valence-corrected chi connectivity index (χ1v) is 12.9. The maximum atomic E-state index is 13.1. The molecule has 1 aliphatic rings. The van der Waals surface area contributed by atoms with Gasteiger partial charge in [-0.25, -0.2) is 13.4 Å². The summed E-state index contributed by atoms with van der Waals surface area (Å²) < 4.78 is 38.7. The number of hydrogen-bond acceptors (Lipinski definition) is 6. The van der Waals surface area contributed by atoms with Crippen molar-refractivity contribution in [1.29, 1.82) is 0 Å². The van der Waals surface area contributed by atoms with Gasteiger partial charge in [-0.1, -0.05) is 18.2 Å². The fourth-order valence-electron chi connectivity index (χ4n) is 3.88. The maximum absolute atomic E-state index is 13.1. The Morgan fingerprint density at radius 1 is 1.03 bits per heavy atom. The van der Waals surface area contributed by atoms with Crippen LogP contribution in [-0.2, 0) is 16.6 Å². The molecule has 0 saturated carbocycles. The second-order valence-electron chi connectivity index (χ2n) is 8.54. The summed E-state index contributed by atoms with van der Waals surface area (Å²) in [6.07, 6.45) is 3.28. The number of nitrogens with one attached hydrogen (secondary N) is 1. The molecule has 35 heavy (non-hydrogen) atoms. The van der Waals surface area contributed by atoms with E-state index < -0.39 is 10.0 Å². The van der Waals surface area contributed by atoms with E-state index in [1.165, 1.54) is 23.5 Å². The van der Waals surface area contributed by atoms with Crippen molar-refractivity contribution in [3.8, 4) is 17.4 Å². The number of benzene rings is 2. The molecule has 3 aromatic rings. The summed E-state index contributed by atoms with van der Waals surface area (Å²) in [4.78, 5) is 17.1. The summed E-state index contributed by atoms with van der Waals surface area (Å²) >= 11 is 0. The van der Waals surface area contributed by atoms with E-state index >= 15 is 0 Å². The highest BCUT2D eigenvalue weighted by atomic mass is 32.2. The molecule has 4 rings (SSSR count). The van der Waals surface area contributed by atoms with Gasteiger partial charge in [0.15, 0.2) is 0 Å². The normalized spacial score (nSPS) is 14.0. The number of ether oxygens (including phenoxy) is 2. The smallest absolute Gasteiger partial charge is 0.251 e. The first kappa shape index (κ1) is 24.7. The van der Waals surface area contributed by atoms with E-state index in [1.807, 2.05) is 38.1 Å². The number of amides is 1. The minimum absolute atomic E-state index is 0.00385. The standard InChI is InChI=1S/C26H29N3O5S/c1-18-6-7-19(2)23(14-18)34-25-11-8-20(16-27-25)17-28-26(30)21-9-10-22(33-3)24(15-21)35(31,32)29-12-4-5-13-29/h6-11,14-16H,4-5,12-13,17H2,1-3H3,(H,28,30). The van der Waals surface area contributed by atoms with Gasteiger partial charge in [-0.15, -0.1) is 0 Å². The molecular weight excluding hydrogens is 466 g/mol. The minimum atomic E-state index is -3.74. The summed E-state index contributed by atoms with van der Waals surface area (Å²) in [6, 6.07) is 14.0. The zero-order chi connectivity index (χ0) is 25.0. The second-order valence-corrected chi connectivity index (χ2v) is 10.4. The predicted molar refractivity (Wildman–Crippen MR) is 132 cm³/mol. The number of aromatic nitrogens is 1. The van der Waals surface area contributed by atoms with E-state index in [2.05, 4.69) is 10.3 Å². The van der Waals surface area contributed by atoms with Crippen LogP contribution in [0.1, 0.15) is 39.9 Å². The van der Waals surface area contributed by atoms with Crippen molar-refractivity contribution in [2.24, 2.45) is 0 Å². The summed E-state index contributed by atoms with van der Waals surface area (Å²) in [5.74, 6) is 1.04. The van der Waals surface area contributed by atoms with Crippen molar-refractivity contribution >= 4 is 15.9 Å². The van der Waals surface area contributed by atoms with Crippen LogP contribution in [-0.4, -0.2) is 43.8 Å². The van der Waals surface area contributed by atoms with Gasteiger partial charge in [0.2, 0.25) is 15.9 Å². The van der Waals surface area contributed by atoms with Crippen molar-refractivity contribution in [2.45, 2.75) is 38.1 Å². The highest BCUT2D eigenvalue weighted by Crippen LogP contribution is 2.30. The number of aryl methyl sites for hydroxylation is 2. The third-order valence-electron chi connectivity index (χ3n) is 5.92. The summed E-state index contributed by atoms with van der Waals surface area (Å²) in [5, 5.41) is 2.82. The van der Waals surface area contributed by atoms with Crippen LogP contribution in [0.15, 0.2) is 59.6 Å². The molecule has 1 fully saturated rings. The van der Waals surface area contributed by atoms with Crippen LogP contribution in [0.3, 0.4) is 0 Å². The van der Waals surface area contributed by atoms with Gasteiger partial charge in [0.05, 0.1) is 7.11 Å². The quantitative estimate of drug-likeness (QED) is 0.503. The van der Waals surface area contributed by atoms with E-state index in [0.717, 1.165) is 35.3 Å². The number of rotatable bonds is 8. The molecule has 0 spiro atoms. The van der Waals surface area contributed by atoms with Crippen molar-refractivity contribution in [1.82, 2.24) is 14.6 Å². The molecule has 8 nitrogen and oxygen atoms in total. The summed E-state index contributed by atoms with van der Waals surface area (Å²) in [5.41, 5.74) is 3.13. The van der Waals surface area contributed by atoms with E-state index in [9.17, 15) is 13.2 Å². The lowest BCUT2D eigenvalue weighted by atomic mass is 10.1. The minimum Gasteiger partial charge on any atom is -0.495 e. The summed E-state index contributed by atoms with van der Waals surface area (Å²) in [6.45, 7) is 5.14. The number of methoxy groups -OCH3 is 1. The second kappa shape index (κ2) is 10.5. The number of nitrogens with zero attached hydrogens (tertiary/aromatic N) is 2. The highest BCUT2D eigenvalue weighted by Gasteiger charge is 2.30. The lowest BCUT2D eigenvalue weighted by molar-refractivity contribution is 0.0950. The van der Waals surface area contributed by atoms with Crippen LogP contribution in [0.5, 0.6) is 17.4 Å². The third kappa shape index (κ3) is 5.63. The first-order chi connectivity index (χ1) is 16.8. The van der Waals surface area contributed by atoms with Gasteiger partial charge in [-0.2, -0.15) is 4.31 Å². The molecule has 1 aromatic heterocycles. The molecule has 184 valence electrons. The molecule has 2 heterocycles. The fraction of sp³-hybridized carbons (Fsp3) is 0.308. The van der Waals surface area contributed by atoms with E-state index in [4.69, 9.17) is 9.47 Å². The number of carbonyl (C=O) groups is 1. The van der Waals surface area contributed by atoms with Gasteiger partial charge < -0.3 is 14.8 Å². The van der Waals surface area contributed by atoms with Gasteiger partial charge in [0.25, 0.3) is 5.91 Å². The summed E-state index contributed by atoms with van der Waals surface area (Å²) in [7, 11) is -2.32. The molecule has 1 N–H and O–H groups in total. The molecule has 9 heteroatoms. The number of pyridine rings is 1. The Bertz CT molecular complexity index is 1320. The molecule has 0 bridgehead atoms. The van der Waals surface area contributed by atoms with Crippen LogP contribution in [0.25, 0.3) is 0 Å². The topological polar surface area (TPSA) is 97.8 Å². The van der Waals surface area contributed by atoms with Gasteiger partial charge in [-0.05, 0) is 67.6 Å². The Morgan fingerprint density at radius 2 is 1.80 bits per heavy atom. The Hall–Kier alpha value is -3.43. The van der Waals surface area contributed by atoms with E-state index in [1.54, 1.807) is 18.3 Å². The monoisotopic (exact) mass is 495 g/mol. The van der Waals surface area contributed by atoms with Crippen molar-refractivity contribution < 1.29 is 22.7 Å². The number of sulfonamides is 1. The highest BCUT2D eigenvalue weighted by molar-refractivity contribution is 7.89. The van der Waals surface area contributed by atoms with Gasteiger partial charge in [0, 0.05) is 37.5 Å². The van der Waals surface area contributed by atoms with Gasteiger partial charge >= 0.3 is 0 Å². The Labute approximate surface area is 206 Å². The van der Waals surface area contributed by atoms with Crippen LogP contribution in [0.4, 0.5) is 0 Å². The van der Waals surface area contributed by atoms with Crippen molar-refractivity contribution in [2.75, 3.05) is 20.2 Å². The Morgan fingerprint density at radius 3 is 2.49 bits per heavy atom. The molecule has 1 aliphatic heterocycles. The largest absolute Gasteiger partial charge is 0.495 e. The molecule has 0 radical (unpaired) electrons. The number of hydrogen-bond donors (Lipinski definition) is 1. The molecular formula is C26H29N3O5S. The Balaban J connectivity index is 1.43. The fourth-order valence-corrected chi connectivity index (χ4v) is 5.58. The molecule has 1 amide bonds. The third-order valence-corrected chi connectivity index (χ3v) is 7.84. The van der Waals surface area contributed by atoms with Crippen molar-refractivity contribution in [3.05, 3.63) is 77.0 Å². The molecule has 0 unspecified atom stereocenters. The molecule has 2 aromatic carbocycles. The first-order valence-electron chi connectivity index (χ1n) is 11.4. The van der Waals surface area contributed by atoms with E-state index in [-0.39, 0.29) is 28.7 Å². The number of carbonyl (C=O) groups excluding carboxylic acids is 1. The average molecular weight is 496 g/mol. The molecule has 0 aliphatic carbocycles. The predicted octanol–water partition coefficient (Wildman–Crippen LogP) is 4.21. The van der Waals surface area contributed by atoms with Gasteiger partial charge in [-0.3, -0.25) is 4.79 Å². The average Bonchev–Trinajstić information content (AvgIpc) is 3.41. The Kier molecular flexibility index (Phi) is 7.37. The zero-order valence-corrected chi connectivity index (χ0v) is 20.9. The maximum Gasteiger partial charge on any atom is 0.251 e. The SMILES string of the molecule is COc1ccc(C(=O)NCc2ccc(Oc3cc(C)ccc3C)nc2)cc1S(=O)(=O)N1CCCC1. The van der Waals surface area contributed by atoms with Crippen LogP contribution < -0.4 is 14.8 Å². The molecule has 0 atom stereocenters. The lowest BCUT2D eigenvalue weighted by Gasteiger charge is -2.18. The van der Waals surface area contributed by atoms with Gasteiger partial charge in [0.1, 0.15) is 16.4 Å². The van der Waals surface area contributed by atoms with E-state index in [0.29, 0.717) is 19.0 Å². The van der Waals surface area contributed by atoms with Crippen LogP contribution >= 0.6 is 0 Å². The lowest BCUT2D eigenvalue weighted by Crippen LogP contribution is -2.29. The zero-order valence-electron chi connectivity index (χ0n) is 20.1. The van der Waals surface area contributed by atoms with Crippen LogP contribution in [0.2, 0.25) is 0 Å².